The van der Waals surface area contributed by atoms with Gasteiger partial charge in [0.2, 0.25) is 11.9 Å². The zero-order chi connectivity index (χ0) is 64.1. The third kappa shape index (κ3) is 13.3. The van der Waals surface area contributed by atoms with Crippen LogP contribution in [-0.2, 0) is 7.05 Å². The smallest absolute Gasteiger partial charge is 0.276 e. The molecule has 20 nitrogen and oxygen atoms in total. The molecule has 3 fully saturated rings. The lowest BCUT2D eigenvalue weighted by Crippen LogP contribution is -2.61. The lowest BCUT2D eigenvalue weighted by molar-refractivity contribution is 0.0559. The van der Waals surface area contributed by atoms with Crippen LogP contribution >= 0.6 is 68.0 Å². The molecule has 0 aliphatic carbocycles. The number of piperidine rings is 3. The number of aryl methyl sites for hydroxylation is 3. The van der Waals surface area contributed by atoms with Crippen LogP contribution in [0.4, 0.5) is 13.9 Å². The van der Waals surface area contributed by atoms with Gasteiger partial charge in [-0.2, -0.15) is 24.0 Å². The van der Waals surface area contributed by atoms with Crippen molar-refractivity contribution < 1.29 is 23.7 Å². The second kappa shape index (κ2) is 24.1. The summed E-state index contributed by atoms with van der Waals surface area (Å²) in [6.07, 6.45) is 13.2. The molecule has 476 valence electrons. The number of phenols is 2. The van der Waals surface area contributed by atoms with Crippen molar-refractivity contribution in [3.8, 4) is 70.8 Å². The van der Waals surface area contributed by atoms with E-state index in [9.17, 15) is 19.0 Å². The predicted molar refractivity (Wildman–Crippen MR) is 364 cm³/mol. The molecule has 3 aliphatic rings. The zero-order valence-electron chi connectivity index (χ0n) is 52.5. The maximum atomic E-state index is 14.2. The summed E-state index contributed by atoms with van der Waals surface area (Å²) in [5, 5.41) is 47.0. The van der Waals surface area contributed by atoms with Gasteiger partial charge >= 0.3 is 0 Å². The summed E-state index contributed by atoms with van der Waals surface area (Å²) in [7, 11) is 3.65. The Morgan fingerprint density at radius 3 is 1.75 bits per heavy atom. The molecule has 2 aromatic carbocycles. The van der Waals surface area contributed by atoms with Gasteiger partial charge < -0.3 is 40.2 Å². The Hall–Kier alpha value is -7.02. The molecule has 0 radical (unpaired) electrons. The summed E-state index contributed by atoms with van der Waals surface area (Å²) in [6.45, 7) is 23.9. The summed E-state index contributed by atoms with van der Waals surface area (Å²) in [4.78, 5) is 45.4. The summed E-state index contributed by atoms with van der Waals surface area (Å²) in [5.41, 5.74) is 6.78. The number of H-pyrrole nitrogens is 1. The van der Waals surface area contributed by atoms with E-state index in [0.29, 0.717) is 60.5 Å². The first-order valence-corrected chi connectivity index (χ1v) is 35.0. The number of phenolic OH excluding ortho intramolecular Hbond substituents is 2. The number of ether oxygens (including phenoxy) is 1. The molecule has 10 aromatic heterocycles. The number of imidazole rings is 1. The molecule has 13 heterocycles. The highest BCUT2D eigenvalue weighted by molar-refractivity contribution is 7.30. The average Bonchev–Trinajstić information content (AvgIpc) is 1.80. The maximum absolute atomic E-state index is 14.2. The first-order valence-electron chi connectivity index (χ1n) is 30.1. The second-order valence-electron chi connectivity index (χ2n) is 26.4. The van der Waals surface area contributed by atoms with Crippen LogP contribution in [0, 0.1) is 25.7 Å². The predicted octanol–water partition coefficient (Wildman–Crippen LogP) is 14.3. The molecule has 3 aliphatic heterocycles. The molecular formula is C63H71F2N17O3S6. The molecule has 91 heavy (non-hydrogen) atoms. The van der Waals surface area contributed by atoms with Gasteiger partial charge in [-0.05, 0) is 143 Å². The zero-order valence-corrected chi connectivity index (χ0v) is 57.4. The van der Waals surface area contributed by atoms with Crippen molar-refractivity contribution in [3.63, 3.8) is 0 Å². The van der Waals surface area contributed by atoms with Crippen LogP contribution in [0.5, 0.6) is 16.7 Å². The number of rotatable bonds is 10. The first-order chi connectivity index (χ1) is 43.2. The van der Waals surface area contributed by atoms with E-state index in [1.54, 1.807) is 58.3 Å². The summed E-state index contributed by atoms with van der Waals surface area (Å²) in [6, 6.07) is 10.5. The van der Waals surface area contributed by atoms with E-state index >= 15 is 0 Å². The van der Waals surface area contributed by atoms with Gasteiger partial charge in [0, 0.05) is 73.4 Å². The van der Waals surface area contributed by atoms with Gasteiger partial charge in [0.15, 0.2) is 39.8 Å². The SMILES string of the molecule is CN(c1nc2sc(-c3ccc(-c4cn[nH]c4F)cc3O)nc2s1)C1CC(C)(C)NC(C)(C)C1.Cc1cn2cc(-c3nc4sc(C5CCNCC5)nc4s3)nc2c(C)n1.Cn1ncc(-c2ccc(-c3nc4sc(OC5CC(C)(C)NC(C)(C)C5)nc4s3)c(O)c2)c1F. The van der Waals surface area contributed by atoms with Gasteiger partial charge in [-0.1, -0.05) is 80.2 Å². The Morgan fingerprint density at radius 2 is 1.18 bits per heavy atom. The summed E-state index contributed by atoms with van der Waals surface area (Å²) < 4.78 is 37.4. The van der Waals surface area contributed by atoms with Crippen molar-refractivity contribution in [2.24, 2.45) is 7.05 Å². The van der Waals surface area contributed by atoms with Crippen LogP contribution in [0.2, 0.25) is 0 Å². The van der Waals surface area contributed by atoms with Crippen LogP contribution in [0.1, 0.15) is 116 Å². The minimum atomic E-state index is -0.529. The monoisotopic (exact) mass is 1340 g/mol. The number of halogens is 2. The van der Waals surface area contributed by atoms with Crippen LogP contribution in [0.3, 0.4) is 0 Å². The number of thiazole rings is 6. The van der Waals surface area contributed by atoms with Crippen molar-refractivity contribution in [3.05, 3.63) is 89.5 Å². The summed E-state index contributed by atoms with van der Waals surface area (Å²) >= 11 is 9.23. The molecular weight excluding hydrogens is 1270 g/mol. The molecule has 28 heteroatoms. The minimum Gasteiger partial charge on any atom is -0.507 e. The molecule has 0 saturated carbocycles. The van der Waals surface area contributed by atoms with E-state index in [-0.39, 0.29) is 39.8 Å². The number of hydrogen-bond acceptors (Lipinski definition) is 23. The number of nitrogens with zero attached hydrogens (tertiary/aromatic N) is 13. The number of aromatic nitrogens is 13. The van der Waals surface area contributed by atoms with E-state index in [1.165, 1.54) is 83.4 Å². The highest BCUT2D eigenvalue weighted by atomic mass is 32.1. The van der Waals surface area contributed by atoms with Crippen LogP contribution in [-0.4, -0.2) is 129 Å². The molecule has 0 amide bonds. The van der Waals surface area contributed by atoms with Gasteiger partial charge in [-0.25, -0.2) is 34.6 Å². The fourth-order valence-electron chi connectivity index (χ4n) is 13.1. The quantitative estimate of drug-likeness (QED) is 0.0745. The number of benzene rings is 2. The topological polar surface area (TPSA) is 243 Å². The number of anilines is 1. The van der Waals surface area contributed by atoms with Crippen molar-refractivity contribution in [1.29, 1.82) is 0 Å². The van der Waals surface area contributed by atoms with Gasteiger partial charge in [0.05, 0.1) is 51.0 Å². The van der Waals surface area contributed by atoms with Gasteiger partial charge in [-0.3, -0.25) is 10.1 Å². The van der Waals surface area contributed by atoms with Gasteiger partial charge in [-0.15, -0.1) is 0 Å². The third-order valence-electron chi connectivity index (χ3n) is 16.5. The van der Waals surface area contributed by atoms with Gasteiger partial charge in [0.1, 0.15) is 38.3 Å². The van der Waals surface area contributed by atoms with E-state index in [2.05, 4.69) is 114 Å². The van der Waals surface area contributed by atoms with Crippen LogP contribution < -0.4 is 25.6 Å². The van der Waals surface area contributed by atoms with Crippen LogP contribution in [0.25, 0.3) is 88.7 Å². The fraction of sp³-hybridized carbons (Fsp3) is 0.429. The Morgan fingerprint density at radius 1 is 0.615 bits per heavy atom. The average molecular weight is 1340 g/mol. The molecule has 12 aromatic rings. The van der Waals surface area contributed by atoms with Gasteiger partial charge in [0.25, 0.3) is 5.19 Å². The molecule has 0 spiro atoms. The molecule has 0 unspecified atom stereocenters. The van der Waals surface area contributed by atoms with Crippen LogP contribution in [0.15, 0.2) is 61.2 Å². The number of fused-ring (bicyclic) bond motifs is 4. The molecule has 0 bridgehead atoms. The second-order valence-corrected chi connectivity index (χ2v) is 32.2. The normalized spacial score (nSPS) is 17.6. The van der Waals surface area contributed by atoms with Crippen molar-refractivity contribution in [1.82, 2.24) is 80.2 Å². The minimum absolute atomic E-state index is 0.00507. The third-order valence-corrected chi connectivity index (χ3v) is 22.8. The lowest BCUT2D eigenvalue weighted by atomic mass is 9.79. The number of aromatic amines is 1. The Bertz CT molecular complexity index is 4530. The largest absolute Gasteiger partial charge is 0.507 e. The van der Waals surface area contributed by atoms with E-state index < -0.39 is 11.9 Å². The summed E-state index contributed by atoms with van der Waals surface area (Å²) in [5.74, 6) is -0.311. The number of nitrogens with one attached hydrogen (secondary N) is 4. The number of aromatic hydroxyl groups is 2. The van der Waals surface area contributed by atoms with E-state index in [1.807, 2.05) is 30.6 Å². The lowest BCUT2D eigenvalue weighted by Gasteiger charge is -2.48. The first kappa shape index (κ1) is 62.8. The van der Waals surface area contributed by atoms with E-state index in [4.69, 9.17) is 29.7 Å². The maximum Gasteiger partial charge on any atom is 0.276 e. The highest BCUT2D eigenvalue weighted by Gasteiger charge is 2.41. The Kier molecular flexibility index (Phi) is 16.7. The Labute approximate surface area is 548 Å². The highest BCUT2D eigenvalue weighted by Crippen LogP contribution is 2.45. The molecule has 0 atom stereocenters. The Balaban J connectivity index is 0.000000126. The molecule has 3 saturated heterocycles. The van der Waals surface area contributed by atoms with Crippen molar-refractivity contribution in [2.45, 2.75) is 148 Å². The van der Waals surface area contributed by atoms with Crippen molar-refractivity contribution >= 4 is 108 Å². The van der Waals surface area contributed by atoms with E-state index in [0.717, 1.165) is 105 Å². The molecule has 15 rings (SSSR count). The molecule has 6 N–H and O–H groups in total. The fourth-order valence-corrected chi connectivity index (χ4v) is 19.4. The van der Waals surface area contributed by atoms with Crippen molar-refractivity contribution in [2.75, 3.05) is 25.0 Å². The number of hydrogen-bond donors (Lipinski definition) is 6. The standard InChI is InChI=1S/C23H27FN6OS2.C23H26FN5O2S2.C17H18N6S2/c1-22(2)9-13(10-23(3,4)29-22)30(5)21-27-20-19(33-21)26-18(32-20)14-7-6-12(8-16(14)31)15-11-25-28-17(15)24;1-22(2)9-13(10-23(3,4)28-22)31-21-27-20-19(33-21)26-18(32-20)14-7-6-12(8-16(14)30)15-11-25-29(5)17(15)24;1-9-7-23-8-12(20-13(23)10(2)19-9)15-22-17-16(25-15)21-14(24-17)11-3-5-18-6-4-11/h6-8,11,13,29,31H,9-10H2,1-5H3,(H,25,28);6-8,11,13,28,30H,9-10H2,1-5H3;7-8,11,18H,3-6H2,1-2H3.